The molecule has 0 saturated heterocycles. The fourth-order valence-corrected chi connectivity index (χ4v) is 1.28. The molecule has 3 heteroatoms. The highest BCUT2D eigenvalue weighted by Gasteiger charge is 1.95. The summed E-state index contributed by atoms with van der Waals surface area (Å²) in [4.78, 5) is 0. The van der Waals surface area contributed by atoms with Crippen molar-refractivity contribution in [2.45, 2.75) is 6.42 Å². The molecule has 1 rings (SSSR count). The molecular formula is C6H7FOS. The molecule has 0 saturated carbocycles. The molecule has 0 atom stereocenters. The topological polar surface area (TPSA) is 20.2 Å². The maximum Gasteiger partial charge on any atom is 0.176 e. The van der Waals surface area contributed by atoms with Gasteiger partial charge in [-0.3, -0.25) is 0 Å². The fourth-order valence-electron chi connectivity index (χ4n) is 0.606. The molecule has 1 aromatic rings. The van der Waals surface area contributed by atoms with Gasteiger partial charge in [0.1, 0.15) is 0 Å². The summed E-state index contributed by atoms with van der Waals surface area (Å²) in [6.45, 7) is 0.0934. The largest absolute Gasteiger partial charge is 0.396 e. The molecule has 1 nitrogen and oxygen atoms in total. The average Bonchev–Trinajstić information content (AvgIpc) is 2.17. The highest BCUT2D eigenvalue weighted by molar-refractivity contribution is 7.08. The maximum atomic E-state index is 12.2. The summed E-state index contributed by atoms with van der Waals surface area (Å²) in [6, 6.07) is 1.45. The molecule has 0 aliphatic heterocycles. The van der Waals surface area contributed by atoms with Crippen molar-refractivity contribution in [1.29, 1.82) is 0 Å². The lowest BCUT2D eigenvalue weighted by molar-refractivity contribution is 0.299. The van der Waals surface area contributed by atoms with Gasteiger partial charge in [0, 0.05) is 6.61 Å². The molecule has 0 fully saturated rings. The Labute approximate surface area is 56.8 Å². The van der Waals surface area contributed by atoms with Crippen LogP contribution in [0.5, 0.6) is 0 Å². The van der Waals surface area contributed by atoms with Crippen molar-refractivity contribution in [3.05, 3.63) is 22.1 Å². The smallest absolute Gasteiger partial charge is 0.176 e. The van der Waals surface area contributed by atoms with Crippen molar-refractivity contribution in [3.63, 3.8) is 0 Å². The van der Waals surface area contributed by atoms with E-state index in [1.165, 1.54) is 6.07 Å². The number of rotatable bonds is 2. The fraction of sp³-hybridized carbons (Fsp3) is 0.333. The van der Waals surface area contributed by atoms with Gasteiger partial charge in [-0.15, -0.1) is 11.3 Å². The number of thiophene rings is 1. The number of hydrogen-bond donors (Lipinski definition) is 1. The van der Waals surface area contributed by atoms with Crippen molar-refractivity contribution >= 4 is 11.3 Å². The first kappa shape index (κ1) is 6.71. The van der Waals surface area contributed by atoms with Crippen molar-refractivity contribution in [2.75, 3.05) is 6.61 Å². The van der Waals surface area contributed by atoms with E-state index in [-0.39, 0.29) is 11.7 Å². The first-order chi connectivity index (χ1) is 4.33. The molecule has 1 aromatic heterocycles. The van der Waals surface area contributed by atoms with Gasteiger partial charge in [-0.1, -0.05) is 0 Å². The molecule has 0 unspecified atom stereocenters. The zero-order valence-electron chi connectivity index (χ0n) is 4.80. The summed E-state index contributed by atoms with van der Waals surface area (Å²) >= 11 is 1.07. The van der Waals surface area contributed by atoms with Gasteiger partial charge in [0.15, 0.2) is 5.13 Å². The van der Waals surface area contributed by atoms with Gasteiger partial charge in [0.25, 0.3) is 0 Å². The van der Waals surface area contributed by atoms with Crippen LogP contribution in [-0.4, -0.2) is 11.7 Å². The SMILES string of the molecule is OCCc1csc(F)c1. The van der Waals surface area contributed by atoms with E-state index in [4.69, 9.17) is 5.11 Å². The summed E-state index contributed by atoms with van der Waals surface area (Å²) in [5, 5.41) is 9.94. The zero-order valence-corrected chi connectivity index (χ0v) is 5.62. The van der Waals surface area contributed by atoms with E-state index in [0.717, 1.165) is 16.9 Å². The molecular weight excluding hydrogens is 139 g/mol. The van der Waals surface area contributed by atoms with Gasteiger partial charge >= 0.3 is 0 Å². The molecule has 1 heterocycles. The monoisotopic (exact) mass is 146 g/mol. The minimum Gasteiger partial charge on any atom is -0.396 e. The van der Waals surface area contributed by atoms with Gasteiger partial charge < -0.3 is 5.11 Å². The Morgan fingerprint density at radius 1 is 1.67 bits per heavy atom. The van der Waals surface area contributed by atoms with Crippen LogP contribution in [0.1, 0.15) is 5.56 Å². The highest BCUT2D eigenvalue weighted by Crippen LogP contribution is 2.11. The third kappa shape index (κ3) is 1.77. The van der Waals surface area contributed by atoms with Gasteiger partial charge in [0.2, 0.25) is 0 Å². The standard InChI is InChI=1S/C6H7FOS/c7-6-3-5(1-2-8)4-9-6/h3-4,8H,1-2H2. The van der Waals surface area contributed by atoms with Crippen LogP contribution in [0, 0.1) is 5.13 Å². The number of hydrogen-bond acceptors (Lipinski definition) is 2. The second-order valence-electron chi connectivity index (χ2n) is 1.73. The van der Waals surface area contributed by atoms with Crippen LogP contribution in [0.4, 0.5) is 4.39 Å². The third-order valence-corrected chi connectivity index (χ3v) is 1.79. The Kier molecular flexibility index (Phi) is 2.19. The number of aliphatic hydroxyl groups is 1. The third-order valence-electron chi connectivity index (χ3n) is 1.02. The minimum absolute atomic E-state index is 0.0934. The molecule has 0 bridgehead atoms. The average molecular weight is 146 g/mol. The van der Waals surface area contributed by atoms with E-state index in [2.05, 4.69) is 0 Å². The van der Waals surface area contributed by atoms with Crippen molar-refractivity contribution in [2.24, 2.45) is 0 Å². The molecule has 9 heavy (non-hydrogen) atoms. The van der Waals surface area contributed by atoms with E-state index in [1.54, 1.807) is 5.38 Å². The lowest BCUT2D eigenvalue weighted by Gasteiger charge is -1.85. The second-order valence-corrected chi connectivity index (χ2v) is 2.59. The molecule has 0 amide bonds. The van der Waals surface area contributed by atoms with E-state index >= 15 is 0 Å². The Morgan fingerprint density at radius 3 is 2.89 bits per heavy atom. The van der Waals surface area contributed by atoms with Gasteiger partial charge in [-0.25, -0.2) is 0 Å². The van der Waals surface area contributed by atoms with Crippen LogP contribution >= 0.6 is 11.3 Å². The van der Waals surface area contributed by atoms with Crippen LogP contribution in [-0.2, 0) is 6.42 Å². The van der Waals surface area contributed by atoms with Crippen molar-refractivity contribution in [3.8, 4) is 0 Å². The quantitative estimate of drug-likeness (QED) is 0.669. The summed E-state index contributed by atoms with van der Waals surface area (Å²) in [5.74, 6) is 0. The van der Waals surface area contributed by atoms with Crippen LogP contribution in [0.15, 0.2) is 11.4 Å². The summed E-state index contributed by atoms with van der Waals surface area (Å²) in [5.41, 5.74) is 0.875. The molecule has 0 aliphatic carbocycles. The van der Waals surface area contributed by atoms with Crippen molar-refractivity contribution in [1.82, 2.24) is 0 Å². The van der Waals surface area contributed by atoms with Crippen LogP contribution < -0.4 is 0 Å². The molecule has 0 aliphatic rings. The first-order valence-corrected chi connectivity index (χ1v) is 3.54. The van der Waals surface area contributed by atoms with Gasteiger partial charge in [-0.2, -0.15) is 4.39 Å². The van der Waals surface area contributed by atoms with Gasteiger partial charge in [-0.05, 0) is 23.4 Å². The summed E-state index contributed by atoms with van der Waals surface area (Å²) in [7, 11) is 0. The molecule has 0 spiro atoms. The molecule has 0 aromatic carbocycles. The Balaban J connectivity index is 2.61. The zero-order chi connectivity index (χ0) is 6.69. The van der Waals surface area contributed by atoms with E-state index in [0.29, 0.717) is 6.42 Å². The molecule has 1 N–H and O–H groups in total. The lowest BCUT2D eigenvalue weighted by Crippen LogP contribution is -1.85. The lowest BCUT2D eigenvalue weighted by atomic mass is 10.3. The minimum atomic E-state index is -0.182. The predicted octanol–water partition coefficient (Wildman–Crippen LogP) is 1.42. The van der Waals surface area contributed by atoms with E-state index in [9.17, 15) is 4.39 Å². The van der Waals surface area contributed by atoms with Crippen molar-refractivity contribution < 1.29 is 9.50 Å². The Bertz CT molecular complexity index is 185. The van der Waals surface area contributed by atoms with Crippen LogP contribution in [0.25, 0.3) is 0 Å². The van der Waals surface area contributed by atoms with Gasteiger partial charge in [0.05, 0.1) is 0 Å². The summed E-state index contributed by atoms with van der Waals surface area (Å²) in [6.07, 6.45) is 0.556. The second kappa shape index (κ2) is 2.94. The van der Waals surface area contributed by atoms with E-state index < -0.39 is 0 Å². The molecule has 0 radical (unpaired) electrons. The number of halogens is 1. The maximum absolute atomic E-state index is 12.2. The normalized spacial score (nSPS) is 10.0. The predicted molar refractivity (Wildman–Crippen MR) is 35.1 cm³/mol. The Morgan fingerprint density at radius 2 is 2.44 bits per heavy atom. The number of aliphatic hydroxyl groups excluding tert-OH is 1. The van der Waals surface area contributed by atoms with E-state index in [1.807, 2.05) is 0 Å². The first-order valence-electron chi connectivity index (χ1n) is 2.66. The Hall–Kier alpha value is -0.410. The molecule has 50 valence electrons. The summed E-state index contributed by atoms with van der Waals surface area (Å²) < 4.78 is 12.2. The highest BCUT2D eigenvalue weighted by atomic mass is 32.1. The van der Waals surface area contributed by atoms with Crippen LogP contribution in [0.3, 0.4) is 0 Å². The van der Waals surface area contributed by atoms with Crippen LogP contribution in [0.2, 0.25) is 0 Å².